The topological polar surface area (TPSA) is 3.24 Å². The summed E-state index contributed by atoms with van der Waals surface area (Å²) in [7, 11) is 0. The van der Waals surface area contributed by atoms with Gasteiger partial charge in [0, 0.05) is 26.6 Å². The van der Waals surface area contributed by atoms with Crippen LogP contribution >= 0.6 is 11.8 Å². The zero-order valence-electron chi connectivity index (χ0n) is 40.7. The van der Waals surface area contributed by atoms with Crippen molar-refractivity contribution in [3.8, 4) is 22.3 Å². The molecule has 0 amide bonds. The van der Waals surface area contributed by atoms with Gasteiger partial charge in [0.2, 0.25) is 0 Å². The highest BCUT2D eigenvalue weighted by atomic mass is 32.2. The summed E-state index contributed by atoms with van der Waals surface area (Å²) in [5, 5.41) is 2.42. The molecule has 0 unspecified atom stereocenters. The average molecular weight is 918 g/mol. The number of fused-ring (bicyclic) bond motifs is 13. The second-order valence-electron chi connectivity index (χ2n) is 21.6. The minimum atomic E-state index is -0.569. The van der Waals surface area contributed by atoms with Crippen LogP contribution in [0.3, 0.4) is 0 Å². The molecule has 10 aromatic carbocycles. The Bertz CT molecular complexity index is 3610. The molecule has 1 aliphatic heterocycles. The van der Waals surface area contributed by atoms with Gasteiger partial charge in [0.05, 0.1) is 16.5 Å². The van der Waals surface area contributed by atoms with Crippen molar-refractivity contribution in [3.63, 3.8) is 0 Å². The maximum atomic E-state index is 2.57. The van der Waals surface area contributed by atoms with Crippen LogP contribution in [0.25, 0.3) is 33.0 Å². The lowest BCUT2D eigenvalue weighted by Gasteiger charge is -2.41. The molecule has 0 aromatic heterocycles. The second kappa shape index (κ2) is 15.6. The number of nitrogens with zero attached hydrogens (tertiary/aromatic N) is 1. The largest absolute Gasteiger partial charge is 0.310 e. The van der Waals surface area contributed by atoms with Crippen molar-refractivity contribution < 1.29 is 0 Å². The molecule has 2 aliphatic carbocycles. The molecule has 1 nitrogen and oxygen atoms in total. The maximum Gasteiger partial charge on any atom is 0.0736 e. The van der Waals surface area contributed by atoms with E-state index in [9.17, 15) is 0 Å². The van der Waals surface area contributed by atoms with E-state index in [1.54, 1.807) is 0 Å². The molecule has 10 aromatic rings. The predicted octanol–water partition coefficient (Wildman–Crippen LogP) is 18.1. The van der Waals surface area contributed by atoms with Crippen molar-refractivity contribution in [2.75, 3.05) is 4.90 Å². The first-order chi connectivity index (χ1) is 34.0. The van der Waals surface area contributed by atoms with E-state index in [0.717, 1.165) is 17.1 Å². The molecule has 0 saturated carbocycles. The highest BCUT2D eigenvalue weighted by molar-refractivity contribution is 7.99. The third-order valence-electron chi connectivity index (χ3n) is 15.7. The third-order valence-corrected chi connectivity index (χ3v) is 16.9. The van der Waals surface area contributed by atoms with E-state index in [-0.39, 0.29) is 10.8 Å². The van der Waals surface area contributed by atoms with Gasteiger partial charge in [-0.3, -0.25) is 0 Å². The van der Waals surface area contributed by atoms with E-state index in [4.69, 9.17) is 0 Å². The van der Waals surface area contributed by atoms with Gasteiger partial charge in [-0.05, 0) is 137 Å². The molecule has 3 aliphatic rings. The molecule has 338 valence electrons. The van der Waals surface area contributed by atoms with Crippen molar-refractivity contribution >= 4 is 39.6 Å². The van der Waals surface area contributed by atoms with Crippen LogP contribution in [0.4, 0.5) is 17.1 Å². The van der Waals surface area contributed by atoms with Crippen LogP contribution in [0, 0.1) is 0 Å². The Morgan fingerprint density at radius 1 is 0.343 bits per heavy atom. The third kappa shape index (κ3) is 6.12. The van der Waals surface area contributed by atoms with Gasteiger partial charge in [-0.1, -0.05) is 235 Å². The summed E-state index contributed by atoms with van der Waals surface area (Å²) < 4.78 is 0. The fourth-order valence-corrected chi connectivity index (χ4v) is 13.6. The SMILES string of the molecule is CC(C)(C)c1ccc2c(c1)C1(c3cc(C(C)(C)C)ccc3S2)c2ccccc2-c2ccc(N(c3ccc4c(c3)C(c3ccccc3)(c3ccccc3)c3ccccc3-4)c3cccc4ccccc34)cc21. The second-order valence-corrected chi connectivity index (χ2v) is 22.7. The Morgan fingerprint density at radius 2 is 0.786 bits per heavy atom. The molecule has 0 radical (unpaired) electrons. The zero-order chi connectivity index (χ0) is 47.6. The molecule has 13 rings (SSSR count). The van der Waals surface area contributed by atoms with Crippen LogP contribution in [0.15, 0.2) is 234 Å². The number of hydrogen-bond acceptors (Lipinski definition) is 2. The number of rotatable bonds is 5. The highest BCUT2D eigenvalue weighted by Crippen LogP contribution is 2.64. The van der Waals surface area contributed by atoms with Crippen molar-refractivity contribution in [2.24, 2.45) is 0 Å². The lowest BCUT2D eigenvalue weighted by atomic mass is 9.65. The molecular weight excluding hydrogens is 863 g/mol. The lowest BCUT2D eigenvalue weighted by molar-refractivity contribution is 0.581. The van der Waals surface area contributed by atoms with Crippen molar-refractivity contribution in [3.05, 3.63) is 280 Å². The summed E-state index contributed by atoms with van der Waals surface area (Å²) in [5.41, 5.74) is 20.6. The standard InChI is InChI=1S/C68H55NS/c1-65(2,3)47-32-38-63-60(40-47)68(61-41-48(66(4,5)6)33-39-64(61)70-63)57-30-18-16-28-53(57)55-37-35-50(43-59(55)68)69(62-31-19-21-44-20-13-14-26-51(44)62)49-34-36-54-52-27-15-17-29-56(52)67(58(54)42-49,45-22-9-7-10-23-45)46-24-11-8-12-25-46/h7-43H,1-6H3. The van der Waals surface area contributed by atoms with E-state index in [0.29, 0.717) is 0 Å². The Hall–Kier alpha value is -7.39. The molecule has 0 bridgehead atoms. The quantitative estimate of drug-likeness (QED) is 0.169. The van der Waals surface area contributed by atoms with Crippen LogP contribution < -0.4 is 4.90 Å². The van der Waals surface area contributed by atoms with Gasteiger partial charge in [-0.2, -0.15) is 0 Å². The summed E-state index contributed by atoms with van der Waals surface area (Å²) in [4.78, 5) is 5.19. The van der Waals surface area contributed by atoms with Crippen LogP contribution in [-0.2, 0) is 21.7 Å². The predicted molar refractivity (Wildman–Crippen MR) is 295 cm³/mol. The molecule has 0 atom stereocenters. The van der Waals surface area contributed by atoms with E-state index in [2.05, 4.69) is 271 Å². The zero-order valence-corrected chi connectivity index (χ0v) is 41.5. The average Bonchev–Trinajstić information content (AvgIpc) is 3.84. The Balaban J connectivity index is 1.13. The Labute approximate surface area is 417 Å². The molecular formula is C68H55NS. The minimum Gasteiger partial charge on any atom is -0.310 e. The summed E-state index contributed by atoms with van der Waals surface area (Å²) in [6.07, 6.45) is 0. The van der Waals surface area contributed by atoms with Gasteiger partial charge in [-0.15, -0.1) is 0 Å². The van der Waals surface area contributed by atoms with Crippen LogP contribution in [0.2, 0.25) is 0 Å². The minimum absolute atomic E-state index is 0.0374. The maximum absolute atomic E-state index is 2.57. The number of benzene rings is 10. The van der Waals surface area contributed by atoms with Gasteiger partial charge >= 0.3 is 0 Å². The highest BCUT2D eigenvalue weighted by Gasteiger charge is 2.52. The van der Waals surface area contributed by atoms with Crippen molar-refractivity contribution in [2.45, 2.75) is 73.0 Å². The van der Waals surface area contributed by atoms with Gasteiger partial charge in [0.15, 0.2) is 0 Å². The molecule has 70 heavy (non-hydrogen) atoms. The molecule has 1 heterocycles. The van der Waals surface area contributed by atoms with Gasteiger partial charge in [0.1, 0.15) is 0 Å². The summed E-state index contributed by atoms with van der Waals surface area (Å²) in [6, 6.07) is 85.6. The van der Waals surface area contributed by atoms with Crippen molar-refractivity contribution in [1.82, 2.24) is 0 Å². The van der Waals surface area contributed by atoms with Crippen molar-refractivity contribution in [1.29, 1.82) is 0 Å². The van der Waals surface area contributed by atoms with E-state index >= 15 is 0 Å². The first kappa shape index (κ1) is 42.7. The van der Waals surface area contributed by atoms with Gasteiger partial charge < -0.3 is 4.90 Å². The summed E-state index contributed by atoms with van der Waals surface area (Å²) in [6.45, 7) is 14.1. The van der Waals surface area contributed by atoms with Crippen LogP contribution in [0.5, 0.6) is 0 Å². The van der Waals surface area contributed by atoms with E-state index in [1.165, 1.54) is 98.5 Å². The Kier molecular flexibility index (Phi) is 9.49. The Morgan fingerprint density at radius 3 is 1.33 bits per heavy atom. The summed E-state index contributed by atoms with van der Waals surface area (Å²) in [5.74, 6) is 0. The van der Waals surface area contributed by atoms with Crippen LogP contribution in [-0.4, -0.2) is 0 Å². The smallest absolute Gasteiger partial charge is 0.0736 e. The fourth-order valence-electron chi connectivity index (χ4n) is 12.4. The molecule has 0 fully saturated rings. The first-order valence-corrected chi connectivity index (χ1v) is 25.6. The van der Waals surface area contributed by atoms with E-state index < -0.39 is 10.8 Å². The van der Waals surface area contributed by atoms with E-state index in [1.807, 2.05) is 11.8 Å². The monoisotopic (exact) mass is 917 g/mol. The van der Waals surface area contributed by atoms with Gasteiger partial charge in [0.25, 0.3) is 0 Å². The molecule has 1 spiro atoms. The van der Waals surface area contributed by atoms with Gasteiger partial charge in [-0.25, -0.2) is 0 Å². The summed E-state index contributed by atoms with van der Waals surface area (Å²) >= 11 is 1.93. The number of hydrogen-bond donors (Lipinski definition) is 0. The molecule has 0 N–H and O–H groups in total. The normalized spacial score (nSPS) is 14.6. The number of anilines is 3. The molecule has 0 saturated heterocycles. The van der Waals surface area contributed by atoms with Crippen LogP contribution in [0.1, 0.15) is 97.2 Å². The lowest BCUT2D eigenvalue weighted by Crippen LogP contribution is -2.33. The first-order valence-electron chi connectivity index (χ1n) is 24.8. The fraction of sp³-hybridized carbons (Fsp3) is 0.147. The molecule has 2 heteroatoms.